The van der Waals surface area contributed by atoms with Crippen molar-refractivity contribution >= 4 is 5.97 Å². The van der Waals surface area contributed by atoms with Crippen molar-refractivity contribution in [2.75, 3.05) is 7.11 Å². The monoisotopic (exact) mass is 293 g/mol. The molecule has 0 fully saturated rings. The fourth-order valence-electron chi connectivity index (χ4n) is 3.74. The summed E-state index contributed by atoms with van der Waals surface area (Å²) in [6.45, 7) is 4.50. The van der Waals surface area contributed by atoms with Crippen LogP contribution < -0.4 is 0 Å². The third-order valence-corrected chi connectivity index (χ3v) is 5.08. The number of hydrogen-bond donors (Lipinski definition) is 0. The molecular weight excluding hydrogens is 274 g/mol. The first-order valence-corrected chi connectivity index (χ1v) is 7.48. The Morgan fingerprint density at radius 2 is 2.00 bits per heavy atom. The smallest absolute Gasteiger partial charge is 0.348 e. The molecule has 3 rings (SSSR count). The summed E-state index contributed by atoms with van der Waals surface area (Å²) in [7, 11) is 1.31. The molecule has 0 aromatic carbocycles. The molecule has 3 nitrogen and oxygen atoms in total. The minimum Gasteiger partial charge on any atom is -0.465 e. The van der Waals surface area contributed by atoms with Crippen LogP contribution in [-0.2, 0) is 9.53 Å². The van der Waals surface area contributed by atoms with Gasteiger partial charge in [0.05, 0.1) is 7.11 Å². The largest absolute Gasteiger partial charge is 0.465 e. The summed E-state index contributed by atoms with van der Waals surface area (Å²) in [4.78, 5) is 11.9. The van der Waals surface area contributed by atoms with E-state index >= 15 is 0 Å². The van der Waals surface area contributed by atoms with Gasteiger partial charge in [0.1, 0.15) is 11.6 Å². The second-order valence-electron chi connectivity index (χ2n) is 6.48. The van der Waals surface area contributed by atoms with Crippen LogP contribution in [0.2, 0.25) is 0 Å². The van der Waals surface area contributed by atoms with Crippen molar-refractivity contribution in [1.29, 1.82) is 5.26 Å². The summed E-state index contributed by atoms with van der Waals surface area (Å²) >= 11 is 0. The van der Waals surface area contributed by atoms with Gasteiger partial charge in [0, 0.05) is 17.8 Å². The number of esters is 1. The standard InChI is InChI=1S/C19H19NO2/c1-19(2)12-7-9-13(15-5-4-6-17(15)19)14(10-8-12)16(11-20)18(21)22-3/h4-10,12-13,15H,1-3H3/b16-14-/t12-,13+,15-/m0/s1. The van der Waals surface area contributed by atoms with Gasteiger partial charge in [0.2, 0.25) is 0 Å². The molecule has 3 aliphatic rings. The Morgan fingerprint density at radius 3 is 2.68 bits per heavy atom. The summed E-state index contributed by atoms with van der Waals surface area (Å²) in [6.07, 6.45) is 14.8. The van der Waals surface area contributed by atoms with Crippen LogP contribution in [0.4, 0.5) is 0 Å². The molecule has 0 aromatic rings. The van der Waals surface area contributed by atoms with Crippen LogP contribution in [0.3, 0.4) is 0 Å². The van der Waals surface area contributed by atoms with Gasteiger partial charge in [0.15, 0.2) is 0 Å². The summed E-state index contributed by atoms with van der Waals surface area (Å²) < 4.78 is 4.78. The zero-order chi connectivity index (χ0) is 15.9. The van der Waals surface area contributed by atoms with E-state index < -0.39 is 5.97 Å². The Bertz CT molecular complexity index is 710. The summed E-state index contributed by atoms with van der Waals surface area (Å²) in [5.74, 6) is -0.112. The highest BCUT2D eigenvalue weighted by Crippen LogP contribution is 2.51. The molecule has 0 aliphatic heterocycles. The van der Waals surface area contributed by atoms with Crippen molar-refractivity contribution < 1.29 is 9.53 Å². The molecule has 0 saturated carbocycles. The van der Waals surface area contributed by atoms with Crippen molar-refractivity contribution in [3.8, 4) is 6.07 Å². The molecule has 112 valence electrons. The molecule has 3 heteroatoms. The first kappa shape index (κ1) is 14.6. The van der Waals surface area contributed by atoms with Crippen molar-refractivity contribution in [3.05, 3.63) is 59.3 Å². The lowest BCUT2D eigenvalue weighted by molar-refractivity contribution is -0.135. The van der Waals surface area contributed by atoms with Crippen LogP contribution in [0.15, 0.2) is 59.3 Å². The normalized spacial score (nSPS) is 32.6. The second-order valence-corrected chi connectivity index (χ2v) is 6.48. The number of carbonyl (C=O) groups excluding carboxylic acids is 1. The van der Waals surface area contributed by atoms with Gasteiger partial charge in [-0.25, -0.2) is 4.79 Å². The molecule has 0 spiro atoms. The summed E-state index contributed by atoms with van der Waals surface area (Å²) in [6, 6.07) is 2.03. The maximum absolute atomic E-state index is 11.9. The minimum atomic E-state index is -0.564. The Hall–Kier alpha value is -2.34. The lowest BCUT2D eigenvalue weighted by Gasteiger charge is -2.37. The molecule has 22 heavy (non-hydrogen) atoms. The van der Waals surface area contributed by atoms with Crippen molar-refractivity contribution in [3.63, 3.8) is 0 Å². The molecule has 0 saturated heterocycles. The number of carbonyl (C=O) groups is 1. The predicted octanol–water partition coefficient (Wildman–Crippen LogP) is 3.49. The summed E-state index contributed by atoms with van der Waals surface area (Å²) in [5.41, 5.74) is 2.25. The average molecular weight is 293 g/mol. The quantitative estimate of drug-likeness (QED) is 0.322. The zero-order valence-electron chi connectivity index (χ0n) is 13.0. The first-order valence-electron chi connectivity index (χ1n) is 7.48. The number of allylic oxidation sites excluding steroid dienone is 9. The van der Waals surface area contributed by atoms with Gasteiger partial charge in [0.25, 0.3) is 0 Å². The number of nitriles is 1. The highest BCUT2D eigenvalue weighted by Gasteiger charge is 2.42. The highest BCUT2D eigenvalue weighted by molar-refractivity contribution is 5.94. The zero-order valence-corrected chi connectivity index (χ0v) is 13.0. The SMILES string of the molecule is COC(=O)/C(C#N)=C1/C=C[C@@H]2C=C[C@H]1[C@@H]1C=CC=C1C2(C)C. The number of nitrogens with zero attached hydrogens (tertiary/aromatic N) is 1. The third kappa shape index (κ3) is 1.99. The molecule has 3 aliphatic carbocycles. The predicted molar refractivity (Wildman–Crippen MR) is 84.4 cm³/mol. The third-order valence-electron chi connectivity index (χ3n) is 5.08. The fraction of sp³-hybridized carbons (Fsp3) is 0.368. The van der Waals surface area contributed by atoms with E-state index in [2.05, 4.69) is 50.3 Å². The van der Waals surface area contributed by atoms with Crippen LogP contribution in [0.25, 0.3) is 0 Å². The van der Waals surface area contributed by atoms with Gasteiger partial charge < -0.3 is 4.74 Å². The molecule has 3 atom stereocenters. The number of methoxy groups -OCH3 is 1. The van der Waals surface area contributed by atoms with E-state index in [0.29, 0.717) is 0 Å². The Balaban J connectivity index is 2.21. The maximum Gasteiger partial charge on any atom is 0.348 e. The molecule has 0 heterocycles. The van der Waals surface area contributed by atoms with Crippen LogP contribution in [0, 0.1) is 34.5 Å². The average Bonchev–Trinajstić information content (AvgIpc) is 2.85. The van der Waals surface area contributed by atoms with E-state index in [4.69, 9.17) is 4.74 Å². The lowest BCUT2D eigenvalue weighted by Crippen LogP contribution is -2.29. The first-order chi connectivity index (χ1) is 10.5. The summed E-state index contributed by atoms with van der Waals surface area (Å²) in [5, 5.41) is 9.41. The number of rotatable bonds is 1. The highest BCUT2D eigenvalue weighted by atomic mass is 16.5. The van der Waals surface area contributed by atoms with Gasteiger partial charge in [-0.15, -0.1) is 0 Å². The van der Waals surface area contributed by atoms with Crippen molar-refractivity contribution in [2.24, 2.45) is 23.2 Å². The van der Waals surface area contributed by atoms with Crippen LogP contribution in [-0.4, -0.2) is 13.1 Å². The molecule has 0 N–H and O–H groups in total. The van der Waals surface area contributed by atoms with Gasteiger partial charge in [-0.2, -0.15) is 5.26 Å². The number of hydrogen-bond acceptors (Lipinski definition) is 3. The van der Waals surface area contributed by atoms with Gasteiger partial charge in [-0.3, -0.25) is 0 Å². The number of ether oxygens (including phenoxy) is 1. The Kier molecular flexibility index (Phi) is 3.41. The van der Waals surface area contributed by atoms with Crippen LogP contribution >= 0.6 is 0 Å². The lowest BCUT2D eigenvalue weighted by atomic mass is 9.67. The maximum atomic E-state index is 11.9. The molecule has 0 aromatic heterocycles. The molecule has 0 radical (unpaired) electrons. The minimum absolute atomic E-state index is 0.00164. The van der Waals surface area contributed by atoms with Crippen LogP contribution in [0.1, 0.15) is 13.8 Å². The van der Waals surface area contributed by atoms with E-state index in [0.717, 1.165) is 5.57 Å². The Labute approximate surface area is 131 Å². The molecular formula is C19H19NO2. The van der Waals surface area contributed by atoms with Gasteiger partial charge >= 0.3 is 5.97 Å². The van der Waals surface area contributed by atoms with E-state index in [9.17, 15) is 10.1 Å². The van der Waals surface area contributed by atoms with Crippen molar-refractivity contribution in [2.45, 2.75) is 13.8 Å². The van der Waals surface area contributed by atoms with Crippen LogP contribution in [0.5, 0.6) is 0 Å². The number of fused-ring (bicyclic) bond motifs is 4. The van der Waals surface area contributed by atoms with E-state index in [1.807, 2.05) is 12.1 Å². The molecule has 0 amide bonds. The molecule has 2 bridgehead atoms. The van der Waals surface area contributed by atoms with Crippen molar-refractivity contribution in [1.82, 2.24) is 0 Å². The topological polar surface area (TPSA) is 50.1 Å². The fourth-order valence-corrected chi connectivity index (χ4v) is 3.74. The second kappa shape index (κ2) is 5.14. The van der Waals surface area contributed by atoms with Gasteiger partial charge in [-0.1, -0.05) is 62.0 Å². The van der Waals surface area contributed by atoms with E-state index in [1.165, 1.54) is 12.7 Å². The van der Waals surface area contributed by atoms with Gasteiger partial charge in [-0.05, 0) is 11.0 Å². The molecule has 0 unspecified atom stereocenters. The van der Waals surface area contributed by atoms with E-state index in [-0.39, 0.29) is 28.7 Å². The Morgan fingerprint density at radius 1 is 1.23 bits per heavy atom. The van der Waals surface area contributed by atoms with E-state index in [1.54, 1.807) is 0 Å².